The lowest BCUT2D eigenvalue weighted by Gasteiger charge is -2.38. The summed E-state index contributed by atoms with van der Waals surface area (Å²) in [6.07, 6.45) is 20.5. The zero-order valence-corrected chi connectivity index (χ0v) is 35.1. The van der Waals surface area contributed by atoms with Gasteiger partial charge in [-0.25, -0.2) is 0 Å². The van der Waals surface area contributed by atoms with E-state index in [2.05, 4.69) is 74.5 Å². The second-order valence-electron chi connectivity index (χ2n) is 17.8. The van der Waals surface area contributed by atoms with E-state index in [9.17, 15) is 14.7 Å². The molecule has 4 unspecified atom stereocenters. The molecule has 7 heteroatoms. The van der Waals surface area contributed by atoms with Gasteiger partial charge in [-0.05, 0) is 134 Å². The van der Waals surface area contributed by atoms with Gasteiger partial charge >= 0.3 is 11.9 Å². The van der Waals surface area contributed by atoms with Crippen molar-refractivity contribution in [2.45, 2.75) is 203 Å². The van der Waals surface area contributed by atoms with Crippen LogP contribution < -0.4 is 0 Å². The second kappa shape index (κ2) is 24.7. The summed E-state index contributed by atoms with van der Waals surface area (Å²) < 4.78 is 23.8. The van der Waals surface area contributed by atoms with Crippen LogP contribution in [0.3, 0.4) is 0 Å². The largest absolute Gasteiger partial charge is 0.466 e. The molecule has 0 aromatic heterocycles. The number of unbranched alkanes of at least 4 members (excludes halogenated alkanes) is 3. The van der Waals surface area contributed by atoms with E-state index in [1.807, 2.05) is 0 Å². The first kappa shape index (κ1) is 46.5. The van der Waals surface area contributed by atoms with Gasteiger partial charge in [-0.15, -0.1) is 0 Å². The van der Waals surface area contributed by atoms with Crippen molar-refractivity contribution < 1.29 is 33.6 Å². The molecule has 302 valence electrons. The first-order valence-electron chi connectivity index (χ1n) is 21.2. The van der Waals surface area contributed by atoms with E-state index in [4.69, 9.17) is 18.9 Å². The highest BCUT2D eigenvalue weighted by Gasteiger charge is 2.62. The quantitative estimate of drug-likeness (QED) is 0.0354. The van der Waals surface area contributed by atoms with Crippen LogP contribution in [-0.2, 0) is 28.5 Å². The zero-order chi connectivity index (χ0) is 38.6. The van der Waals surface area contributed by atoms with E-state index in [1.165, 1.54) is 17.6 Å². The Balaban J connectivity index is 1.56. The maximum absolute atomic E-state index is 12.6. The van der Waals surface area contributed by atoms with E-state index in [0.29, 0.717) is 63.3 Å². The van der Waals surface area contributed by atoms with Gasteiger partial charge in [0.15, 0.2) is 6.29 Å². The number of allylic oxidation sites excluding steroid dienone is 4. The van der Waals surface area contributed by atoms with E-state index in [0.717, 1.165) is 83.5 Å². The minimum absolute atomic E-state index is 0.0381. The Labute approximate surface area is 319 Å². The Hall–Kier alpha value is -1.70. The molecule has 52 heavy (non-hydrogen) atoms. The fourth-order valence-electron chi connectivity index (χ4n) is 8.10. The number of carbonyl (C=O) groups is 2. The number of esters is 2. The first-order valence-corrected chi connectivity index (χ1v) is 21.2. The van der Waals surface area contributed by atoms with E-state index in [1.54, 1.807) is 0 Å². The molecule has 2 aliphatic carbocycles. The third kappa shape index (κ3) is 17.6. The summed E-state index contributed by atoms with van der Waals surface area (Å²) in [7, 11) is 0. The molecule has 0 aliphatic heterocycles. The molecule has 0 saturated heterocycles. The fourth-order valence-corrected chi connectivity index (χ4v) is 8.10. The Bertz CT molecular complexity index is 1040. The van der Waals surface area contributed by atoms with Gasteiger partial charge in [-0.2, -0.15) is 0 Å². The molecule has 1 N–H and O–H groups in total. The van der Waals surface area contributed by atoms with Crippen molar-refractivity contribution in [3.05, 3.63) is 23.3 Å². The number of fused-ring (bicyclic) bond motifs is 2. The minimum atomic E-state index is -0.391. The van der Waals surface area contributed by atoms with Gasteiger partial charge in [0.05, 0.1) is 19.1 Å². The van der Waals surface area contributed by atoms with Crippen LogP contribution in [0.15, 0.2) is 23.3 Å². The summed E-state index contributed by atoms with van der Waals surface area (Å²) in [5.74, 6) is 1.49. The standard InChI is InChI=1S/C45H80O7/c1-34(2)17-14-19-36(5)27-31-50-43(51-32-28-37(6)20-15-18-35(3)4)25-24-41(47)49-30-13-11-10-12-21-39(46)22-16-23-42(48)52-40-33-38-26-29-45(40,9)44(38,7)8/h17-18,36-40,43,46H,10-16,19-33H2,1-9H3/t36?,37?,38?,39?,40-,43?,45-/m1/s1. The summed E-state index contributed by atoms with van der Waals surface area (Å²) in [6, 6.07) is 0. The fraction of sp³-hybridized carbons (Fsp3) is 0.867. The lowest BCUT2D eigenvalue weighted by Crippen LogP contribution is -2.38. The third-order valence-corrected chi connectivity index (χ3v) is 12.4. The van der Waals surface area contributed by atoms with Crippen LogP contribution in [0, 0.1) is 28.6 Å². The summed E-state index contributed by atoms with van der Waals surface area (Å²) >= 11 is 0. The molecule has 0 spiro atoms. The number of rotatable bonds is 29. The van der Waals surface area contributed by atoms with Crippen LogP contribution in [0.25, 0.3) is 0 Å². The predicted molar refractivity (Wildman–Crippen MR) is 213 cm³/mol. The van der Waals surface area contributed by atoms with Crippen LogP contribution in [-0.4, -0.2) is 55.4 Å². The summed E-state index contributed by atoms with van der Waals surface area (Å²) in [5, 5.41) is 10.4. The van der Waals surface area contributed by atoms with Gasteiger partial charge in [-0.3, -0.25) is 9.59 Å². The van der Waals surface area contributed by atoms with Gasteiger partial charge in [0.25, 0.3) is 0 Å². The molecule has 2 aliphatic rings. The van der Waals surface area contributed by atoms with Crippen LogP contribution in [0.1, 0.15) is 184 Å². The van der Waals surface area contributed by atoms with Crippen LogP contribution in [0.2, 0.25) is 0 Å². The SMILES string of the molecule is CC(C)=CCCC(C)CCOC(CCC(=O)OCCCCCCC(O)CCCC(=O)O[C@@H]1CC2CC[C@@]1(C)C2(C)C)OCCC(C)CCC=C(C)C. The number of ether oxygens (including phenoxy) is 4. The van der Waals surface area contributed by atoms with Gasteiger partial charge in [0, 0.05) is 31.5 Å². The van der Waals surface area contributed by atoms with Crippen LogP contribution in [0.4, 0.5) is 0 Å². The van der Waals surface area contributed by atoms with Crippen molar-refractivity contribution in [3.63, 3.8) is 0 Å². The molecule has 0 heterocycles. The first-order chi connectivity index (χ1) is 24.6. The lowest BCUT2D eigenvalue weighted by molar-refractivity contribution is -0.161. The van der Waals surface area contributed by atoms with Crippen molar-refractivity contribution in [1.29, 1.82) is 0 Å². The maximum atomic E-state index is 12.6. The summed E-state index contributed by atoms with van der Waals surface area (Å²) in [6.45, 7) is 21.7. The minimum Gasteiger partial charge on any atom is -0.466 e. The smallest absolute Gasteiger partial charge is 0.306 e. The Morgan fingerprint density at radius 3 is 1.83 bits per heavy atom. The van der Waals surface area contributed by atoms with Crippen LogP contribution in [0.5, 0.6) is 0 Å². The summed E-state index contributed by atoms with van der Waals surface area (Å²) in [5.41, 5.74) is 3.05. The molecule has 0 aromatic carbocycles. The van der Waals surface area contributed by atoms with Gasteiger partial charge < -0.3 is 24.1 Å². The molecule has 6 atom stereocenters. The highest BCUT2D eigenvalue weighted by Crippen LogP contribution is 2.66. The molecule has 0 radical (unpaired) electrons. The third-order valence-electron chi connectivity index (χ3n) is 12.4. The zero-order valence-electron chi connectivity index (χ0n) is 35.1. The van der Waals surface area contributed by atoms with Crippen molar-refractivity contribution >= 4 is 11.9 Å². The summed E-state index contributed by atoms with van der Waals surface area (Å²) in [4.78, 5) is 25.1. The van der Waals surface area contributed by atoms with Crippen LogP contribution >= 0.6 is 0 Å². The average Bonchev–Trinajstić information content (AvgIpc) is 3.40. The molecule has 0 aromatic rings. The van der Waals surface area contributed by atoms with E-state index < -0.39 is 12.4 Å². The van der Waals surface area contributed by atoms with Gasteiger partial charge in [0.1, 0.15) is 6.10 Å². The molecule has 2 saturated carbocycles. The Kier molecular flexibility index (Phi) is 22.0. The average molecular weight is 733 g/mol. The molecule has 2 fully saturated rings. The number of carbonyl (C=O) groups excluding carboxylic acids is 2. The lowest BCUT2D eigenvalue weighted by atomic mass is 9.70. The maximum Gasteiger partial charge on any atom is 0.306 e. The number of aliphatic hydroxyl groups excluding tert-OH is 1. The normalized spacial score (nSPS) is 22.7. The molecule has 2 rings (SSSR count). The van der Waals surface area contributed by atoms with Gasteiger partial charge in [0.2, 0.25) is 0 Å². The number of hydrogen-bond donors (Lipinski definition) is 1. The second-order valence-corrected chi connectivity index (χ2v) is 17.8. The van der Waals surface area contributed by atoms with Gasteiger partial charge in [-0.1, -0.05) is 77.2 Å². The van der Waals surface area contributed by atoms with Crippen molar-refractivity contribution in [1.82, 2.24) is 0 Å². The number of aliphatic hydroxyl groups is 1. The Morgan fingerprint density at radius 2 is 1.29 bits per heavy atom. The topological polar surface area (TPSA) is 91.3 Å². The van der Waals surface area contributed by atoms with E-state index in [-0.39, 0.29) is 35.3 Å². The predicted octanol–water partition coefficient (Wildman–Crippen LogP) is 11.5. The molecular weight excluding hydrogens is 652 g/mol. The monoisotopic (exact) mass is 733 g/mol. The molecule has 7 nitrogen and oxygen atoms in total. The highest BCUT2D eigenvalue weighted by molar-refractivity contribution is 5.69. The Morgan fingerprint density at radius 1 is 0.712 bits per heavy atom. The molecule has 0 amide bonds. The van der Waals surface area contributed by atoms with Crippen molar-refractivity contribution in [3.8, 4) is 0 Å². The van der Waals surface area contributed by atoms with E-state index >= 15 is 0 Å². The highest BCUT2D eigenvalue weighted by atomic mass is 16.7. The molecule has 2 bridgehead atoms. The molecular formula is C45H80O7. The number of hydrogen-bond acceptors (Lipinski definition) is 7. The van der Waals surface area contributed by atoms with Crippen molar-refractivity contribution in [2.75, 3.05) is 19.8 Å². The van der Waals surface area contributed by atoms with Crippen molar-refractivity contribution in [2.24, 2.45) is 28.6 Å².